The van der Waals surface area contributed by atoms with Gasteiger partial charge in [0.1, 0.15) is 5.76 Å². The summed E-state index contributed by atoms with van der Waals surface area (Å²) >= 11 is 0. The molecule has 0 fully saturated rings. The van der Waals surface area contributed by atoms with E-state index in [2.05, 4.69) is 20.7 Å². The number of aryl methyl sites for hydroxylation is 1. The van der Waals surface area contributed by atoms with Gasteiger partial charge in [0.2, 0.25) is 0 Å². The molecule has 0 unspecified atom stereocenters. The largest absolute Gasteiger partial charge is 0.469 e. The SMILES string of the molecule is CCOCCCNC(=NCc1ccnn1C)NCCc1ccco1.I. The summed E-state index contributed by atoms with van der Waals surface area (Å²) < 4.78 is 12.5. The molecule has 7 nitrogen and oxygen atoms in total. The van der Waals surface area contributed by atoms with E-state index in [1.54, 1.807) is 12.5 Å². The molecule has 0 bridgehead atoms. The van der Waals surface area contributed by atoms with E-state index in [1.807, 2.05) is 36.9 Å². The van der Waals surface area contributed by atoms with Gasteiger partial charge >= 0.3 is 0 Å². The maximum atomic E-state index is 5.36. The Kier molecular flexibility index (Phi) is 11.0. The first-order chi connectivity index (χ1) is 11.8. The van der Waals surface area contributed by atoms with Crippen LogP contribution in [-0.4, -0.2) is 42.0 Å². The first kappa shape index (κ1) is 21.5. The third kappa shape index (κ3) is 8.39. The van der Waals surface area contributed by atoms with Gasteiger partial charge in [-0.05, 0) is 31.5 Å². The molecule has 0 amide bonds. The van der Waals surface area contributed by atoms with Gasteiger partial charge in [-0.15, -0.1) is 24.0 Å². The first-order valence-corrected chi connectivity index (χ1v) is 8.38. The molecule has 2 rings (SSSR count). The van der Waals surface area contributed by atoms with Gasteiger partial charge in [0, 0.05) is 46.0 Å². The van der Waals surface area contributed by atoms with E-state index in [4.69, 9.17) is 9.15 Å². The van der Waals surface area contributed by atoms with Gasteiger partial charge in [0.25, 0.3) is 0 Å². The smallest absolute Gasteiger partial charge is 0.191 e. The molecule has 0 saturated carbocycles. The van der Waals surface area contributed by atoms with Gasteiger partial charge < -0.3 is 19.8 Å². The zero-order chi connectivity index (χ0) is 17.0. The molecule has 2 heterocycles. The standard InChI is InChI=1S/C17H27N5O2.HI/c1-3-23-12-5-9-18-17(19-10-8-16-6-4-13-24-16)20-14-15-7-11-21-22(15)2;/h4,6-7,11,13H,3,5,8-10,12,14H2,1-2H3,(H2,18,19,20);1H. The fraction of sp³-hybridized carbons (Fsp3) is 0.529. The van der Waals surface area contributed by atoms with Crippen molar-refractivity contribution in [2.24, 2.45) is 12.0 Å². The van der Waals surface area contributed by atoms with Crippen molar-refractivity contribution in [2.45, 2.75) is 26.3 Å². The predicted molar refractivity (Wildman–Crippen MR) is 109 cm³/mol. The number of furan rings is 1. The molecule has 0 aromatic carbocycles. The lowest BCUT2D eigenvalue weighted by atomic mass is 10.3. The molecule has 2 aromatic rings. The second kappa shape index (κ2) is 12.8. The molecule has 0 aliphatic heterocycles. The molecular formula is C17H28IN5O2. The lowest BCUT2D eigenvalue weighted by molar-refractivity contribution is 0.145. The van der Waals surface area contributed by atoms with E-state index in [0.29, 0.717) is 6.54 Å². The summed E-state index contributed by atoms with van der Waals surface area (Å²) in [5.74, 6) is 1.75. The Morgan fingerprint density at radius 2 is 2.16 bits per heavy atom. The first-order valence-electron chi connectivity index (χ1n) is 8.38. The molecular weight excluding hydrogens is 433 g/mol. The van der Waals surface area contributed by atoms with Crippen molar-refractivity contribution in [3.05, 3.63) is 42.1 Å². The predicted octanol–water partition coefficient (Wildman–Crippen LogP) is 2.34. The lowest BCUT2D eigenvalue weighted by Gasteiger charge is -2.12. The Morgan fingerprint density at radius 1 is 1.32 bits per heavy atom. The van der Waals surface area contributed by atoms with Crippen LogP contribution in [0.5, 0.6) is 0 Å². The van der Waals surface area contributed by atoms with Crippen LogP contribution in [0.25, 0.3) is 0 Å². The van der Waals surface area contributed by atoms with Crippen LogP contribution < -0.4 is 10.6 Å². The quantitative estimate of drug-likeness (QED) is 0.246. The Balaban J connectivity index is 0.00000312. The normalized spacial score (nSPS) is 11.2. The van der Waals surface area contributed by atoms with Crippen LogP contribution in [-0.2, 0) is 24.8 Å². The van der Waals surface area contributed by atoms with Crippen molar-refractivity contribution in [3.63, 3.8) is 0 Å². The van der Waals surface area contributed by atoms with Crippen LogP contribution in [0.1, 0.15) is 24.8 Å². The van der Waals surface area contributed by atoms with E-state index >= 15 is 0 Å². The zero-order valence-electron chi connectivity index (χ0n) is 14.9. The van der Waals surface area contributed by atoms with Crippen LogP contribution in [0.2, 0.25) is 0 Å². The van der Waals surface area contributed by atoms with Crippen LogP contribution in [0.3, 0.4) is 0 Å². The summed E-state index contributed by atoms with van der Waals surface area (Å²) in [7, 11) is 1.92. The zero-order valence-corrected chi connectivity index (χ0v) is 17.2. The van der Waals surface area contributed by atoms with Crippen molar-refractivity contribution < 1.29 is 9.15 Å². The van der Waals surface area contributed by atoms with E-state index in [0.717, 1.165) is 56.6 Å². The van der Waals surface area contributed by atoms with E-state index in [9.17, 15) is 0 Å². The number of hydrogen-bond donors (Lipinski definition) is 2. The lowest BCUT2D eigenvalue weighted by Crippen LogP contribution is -2.39. The summed E-state index contributed by atoms with van der Waals surface area (Å²) in [6, 6.07) is 5.85. The Morgan fingerprint density at radius 3 is 2.84 bits per heavy atom. The minimum absolute atomic E-state index is 0. The number of halogens is 1. The van der Waals surface area contributed by atoms with Crippen LogP contribution in [0, 0.1) is 0 Å². The highest BCUT2D eigenvalue weighted by atomic mass is 127. The summed E-state index contributed by atoms with van der Waals surface area (Å²) in [5, 5.41) is 10.8. The number of guanidine groups is 1. The van der Waals surface area contributed by atoms with Gasteiger partial charge in [-0.25, -0.2) is 4.99 Å². The minimum Gasteiger partial charge on any atom is -0.469 e. The van der Waals surface area contributed by atoms with Crippen molar-refractivity contribution in [1.82, 2.24) is 20.4 Å². The number of hydrogen-bond acceptors (Lipinski definition) is 4. The number of nitrogens with zero attached hydrogens (tertiary/aromatic N) is 3. The number of aromatic nitrogens is 2. The molecule has 0 aliphatic carbocycles. The topological polar surface area (TPSA) is 76.6 Å². The van der Waals surface area contributed by atoms with Crippen LogP contribution in [0.15, 0.2) is 40.1 Å². The summed E-state index contributed by atoms with van der Waals surface area (Å²) in [4.78, 5) is 4.63. The second-order valence-corrected chi connectivity index (χ2v) is 5.34. The molecule has 0 spiro atoms. The maximum Gasteiger partial charge on any atom is 0.191 e. The summed E-state index contributed by atoms with van der Waals surface area (Å²) in [6.07, 6.45) is 5.24. The van der Waals surface area contributed by atoms with Gasteiger partial charge in [-0.3, -0.25) is 4.68 Å². The second-order valence-electron chi connectivity index (χ2n) is 5.34. The van der Waals surface area contributed by atoms with Crippen LogP contribution >= 0.6 is 24.0 Å². The molecule has 25 heavy (non-hydrogen) atoms. The van der Waals surface area contributed by atoms with E-state index < -0.39 is 0 Å². The summed E-state index contributed by atoms with van der Waals surface area (Å²) in [5.41, 5.74) is 1.07. The molecule has 140 valence electrons. The Bertz CT molecular complexity index is 598. The Labute approximate surface area is 166 Å². The number of aliphatic imine (C=N–C) groups is 1. The monoisotopic (exact) mass is 461 g/mol. The van der Waals surface area contributed by atoms with Gasteiger partial charge in [0.15, 0.2) is 5.96 Å². The van der Waals surface area contributed by atoms with Crippen molar-refractivity contribution in [3.8, 4) is 0 Å². The average Bonchev–Trinajstić information content (AvgIpc) is 3.23. The van der Waals surface area contributed by atoms with Crippen LogP contribution in [0.4, 0.5) is 0 Å². The van der Waals surface area contributed by atoms with Gasteiger partial charge in [-0.2, -0.15) is 5.10 Å². The maximum absolute atomic E-state index is 5.36. The van der Waals surface area contributed by atoms with E-state index in [-0.39, 0.29) is 24.0 Å². The van der Waals surface area contributed by atoms with E-state index in [1.165, 1.54) is 0 Å². The summed E-state index contributed by atoms with van der Waals surface area (Å²) in [6.45, 7) is 5.67. The fourth-order valence-electron chi connectivity index (χ4n) is 2.18. The Hall–Kier alpha value is -1.55. The highest BCUT2D eigenvalue weighted by Gasteiger charge is 2.02. The molecule has 0 saturated heterocycles. The fourth-order valence-corrected chi connectivity index (χ4v) is 2.18. The minimum atomic E-state index is 0. The highest BCUT2D eigenvalue weighted by Crippen LogP contribution is 2.00. The molecule has 2 aromatic heterocycles. The number of nitrogens with one attached hydrogen (secondary N) is 2. The molecule has 2 N–H and O–H groups in total. The third-order valence-corrected chi connectivity index (χ3v) is 3.53. The third-order valence-electron chi connectivity index (χ3n) is 3.53. The van der Waals surface area contributed by atoms with Gasteiger partial charge in [-0.1, -0.05) is 0 Å². The molecule has 0 atom stereocenters. The van der Waals surface area contributed by atoms with Crippen molar-refractivity contribution in [1.29, 1.82) is 0 Å². The average molecular weight is 461 g/mol. The molecule has 0 aliphatic rings. The number of rotatable bonds is 10. The molecule has 0 radical (unpaired) electrons. The number of ether oxygens (including phenoxy) is 1. The highest BCUT2D eigenvalue weighted by molar-refractivity contribution is 14.0. The van der Waals surface area contributed by atoms with Gasteiger partial charge in [0.05, 0.1) is 18.5 Å². The molecule has 8 heteroatoms. The van der Waals surface area contributed by atoms with Crippen molar-refractivity contribution >= 4 is 29.9 Å². The van der Waals surface area contributed by atoms with Crippen molar-refractivity contribution in [2.75, 3.05) is 26.3 Å².